The number of nitrogens with one attached hydrogen (secondary N) is 2. The van der Waals surface area contributed by atoms with Gasteiger partial charge in [0, 0.05) is 49.2 Å². The Hall–Kier alpha value is -2.89. The number of carbonyl (C=O) groups is 3. The maximum atomic E-state index is 13.7. The maximum absolute atomic E-state index is 13.7. The van der Waals surface area contributed by atoms with Gasteiger partial charge >= 0.3 is 12.1 Å². The highest BCUT2D eigenvalue weighted by atomic mass is 35.5. The van der Waals surface area contributed by atoms with Crippen LogP contribution in [0.2, 0.25) is 10.0 Å². The molecule has 3 unspecified atom stereocenters. The first kappa shape index (κ1) is 32.6. The van der Waals surface area contributed by atoms with E-state index in [0.29, 0.717) is 34.0 Å². The molecular weight excluding hydrogens is 587 g/mol. The van der Waals surface area contributed by atoms with Gasteiger partial charge in [-0.15, -0.1) is 0 Å². The van der Waals surface area contributed by atoms with Crippen LogP contribution in [0.5, 0.6) is 0 Å². The summed E-state index contributed by atoms with van der Waals surface area (Å²) < 4.78 is 52.8. The smallest absolute Gasteiger partial charge is 0.358 e. The molecule has 3 rings (SSSR count). The Morgan fingerprint density at radius 2 is 1.73 bits per heavy atom. The first-order chi connectivity index (χ1) is 19.3. The van der Waals surface area contributed by atoms with Crippen molar-refractivity contribution in [1.29, 1.82) is 0 Å². The van der Waals surface area contributed by atoms with Crippen molar-refractivity contribution in [2.45, 2.75) is 56.9 Å². The number of alkyl halides is 3. The van der Waals surface area contributed by atoms with Crippen molar-refractivity contribution < 1.29 is 31.9 Å². The van der Waals surface area contributed by atoms with Crippen molar-refractivity contribution in [3.05, 3.63) is 69.5 Å². The molecule has 0 aliphatic carbocycles. The molecule has 1 aliphatic heterocycles. The second-order valence-electron chi connectivity index (χ2n) is 9.89. The van der Waals surface area contributed by atoms with Crippen LogP contribution in [-0.2, 0) is 27.2 Å². The summed E-state index contributed by atoms with van der Waals surface area (Å²) in [7, 11) is 1.52. The lowest BCUT2D eigenvalue weighted by Crippen LogP contribution is -2.63. The molecule has 1 fully saturated rings. The first-order valence-corrected chi connectivity index (χ1v) is 13.9. The third-order valence-electron chi connectivity index (χ3n) is 7.05. The molecule has 41 heavy (non-hydrogen) atoms. The van der Waals surface area contributed by atoms with Crippen LogP contribution in [0.15, 0.2) is 42.5 Å². The molecule has 0 saturated carbocycles. The normalized spacial score (nSPS) is 17.6. The van der Waals surface area contributed by atoms with E-state index in [9.17, 15) is 31.9 Å². The lowest BCUT2D eigenvalue weighted by molar-refractivity contribution is -0.175. The van der Waals surface area contributed by atoms with Crippen LogP contribution in [0.1, 0.15) is 30.9 Å². The quantitative estimate of drug-likeness (QED) is 0.387. The molecular formula is C28H32Cl2F4N4O3. The predicted octanol–water partition coefficient (Wildman–Crippen LogP) is 4.39. The highest BCUT2D eigenvalue weighted by Crippen LogP contribution is 2.26. The third kappa shape index (κ3) is 8.80. The fraction of sp³-hybridized carbons (Fsp3) is 0.464. The van der Waals surface area contributed by atoms with Crippen molar-refractivity contribution in [1.82, 2.24) is 20.4 Å². The summed E-state index contributed by atoms with van der Waals surface area (Å²) in [6, 6.07) is 7.39. The number of benzene rings is 2. The third-order valence-corrected chi connectivity index (χ3v) is 7.64. The lowest BCUT2D eigenvalue weighted by atomic mass is 9.98. The minimum Gasteiger partial charge on any atom is -0.358 e. The van der Waals surface area contributed by atoms with E-state index in [1.165, 1.54) is 24.1 Å². The zero-order chi connectivity index (χ0) is 30.3. The molecule has 2 aromatic rings. The van der Waals surface area contributed by atoms with Crippen molar-refractivity contribution in [2.24, 2.45) is 0 Å². The van der Waals surface area contributed by atoms with Crippen molar-refractivity contribution in [3.8, 4) is 0 Å². The standard InChI is InChI=1S/C28H32Cl2F4N4O3/c1-3-4-21-16-37(24(25(39)35-2)14-18-7-8-19(29)15-22(18)30)11-12-38(21)26(40)23(36-27(41)28(32,33)34)13-17-5-9-20(31)10-6-17/h5-10,15,21,23-24H,3-4,11-14,16H2,1-2H3,(H,35,39)(H,36,41). The van der Waals surface area contributed by atoms with Gasteiger partial charge in [-0.2, -0.15) is 13.2 Å². The molecule has 0 spiro atoms. The summed E-state index contributed by atoms with van der Waals surface area (Å²) in [5, 5.41) is 5.37. The molecule has 1 aliphatic rings. The first-order valence-electron chi connectivity index (χ1n) is 13.2. The lowest BCUT2D eigenvalue weighted by Gasteiger charge is -2.45. The van der Waals surface area contributed by atoms with E-state index in [1.807, 2.05) is 17.1 Å². The topological polar surface area (TPSA) is 81.8 Å². The van der Waals surface area contributed by atoms with E-state index in [-0.39, 0.29) is 38.4 Å². The van der Waals surface area contributed by atoms with E-state index >= 15 is 0 Å². The zero-order valence-electron chi connectivity index (χ0n) is 22.6. The monoisotopic (exact) mass is 618 g/mol. The summed E-state index contributed by atoms with van der Waals surface area (Å²) in [5.41, 5.74) is 1.10. The molecule has 0 bridgehead atoms. The van der Waals surface area contributed by atoms with E-state index in [2.05, 4.69) is 5.32 Å². The molecule has 1 saturated heterocycles. The number of halogens is 6. The molecule has 3 amide bonds. The SMILES string of the molecule is CCCC1CN(C(Cc2ccc(Cl)cc2Cl)C(=O)NC)CCN1C(=O)C(Cc1ccc(F)cc1)NC(=O)C(F)(F)F. The van der Waals surface area contributed by atoms with Gasteiger partial charge in [0.05, 0.1) is 6.04 Å². The fourth-order valence-electron chi connectivity index (χ4n) is 4.98. The van der Waals surface area contributed by atoms with Crippen molar-refractivity contribution in [2.75, 3.05) is 26.7 Å². The Morgan fingerprint density at radius 3 is 2.32 bits per heavy atom. The average molecular weight is 619 g/mol. The number of carbonyl (C=O) groups excluding carboxylic acids is 3. The number of nitrogens with zero attached hydrogens (tertiary/aromatic N) is 2. The highest BCUT2D eigenvalue weighted by Gasteiger charge is 2.43. The van der Waals surface area contributed by atoms with Gasteiger partial charge in [0.1, 0.15) is 11.9 Å². The van der Waals surface area contributed by atoms with Crippen LogP contribution in [0, 0.1) is 5.82 Å². The van der Waals surface area contributed by atoms with Gasteiger partial charge in [0.15, 0.2) is 0 Å². The Kier molecular flexibility index (Phi) is 11.4. The molecule has 2 aromatic carbocycles. The Labute approximate surface area is 246 Å². The molecule has 2 N–H and O–H groups in total. The minimum absolute atomic E-state index is 0.118. The van der Waals surface area contributed by atoms with Crippen LogP contribution in [0.4, 0.5) is 17.6 Å². The van der Waals surface area contributed by atoms with Gasteiger partial charge < -0.3 is 15.5 Å². The summed E-state index contributed by atoms with van der Waals surface area (Å²) in [4.78, 5) is 41.9. The number of amides is 3. The van der Waals surface area contributed by atoms with Gasteiger partial charge in [0.25, 0.3) is 0 Å². The largest absolute Gasteiger partial charge is 0.471 e. The van der Waals surface area contributed by atoms with Gasteiger partial charge in [-0.05, 0) is 48.2 Å². The predicted molar refractivity (Wildman–Crippen MR) is 148 cm³/mol. The highest BCUT2D eigenvalue weighted by molar-refractivity contribution is 6.35. The zero-order valence-corrected chi connectivity index (χ0v) is 24.1. The summed E-state index contributed by atoms with van der Waals surface area (Å²) in [6.45, 7) is 2.56. The minimum atomic E-state index is -5.19. The fourth-order valence-corrected chi connectivity index (χ4v) is 5.46. The van der Waals surface area contributed by atoms with Crippen molar-refractivity contribution >= 4 is 40.9 Å². The average Bonchev–Trinajstić information content (AvgIpc) is 2.92. The van der Waals surface area contributed by atoms with Crippen LogP contribution in [-0.4, -0.2) is 78.5 Å². The van der Waals surface area contributed by atoms with Crippen molar-refractivity contribution in [3.63, 3.8) is 0 Å². The van der Waals surface area contributed by atoms with E-state index in [0.717, 1.165) is 12.1 Å². The van der Waals surface area contributed by atoms with E-state index < -0.39 is 41.9 Å². The second kappa shape index (κ2) is 14.3. The van der Waals surface area contributed by atoms with Gasteiger partial charge in [0.2, 0.25) is 11.8 Å². The Morgan fingerprint density at radius 1 is 1.05 bits per heavy atom. The number of hydrogen-bond donors (Lipinski definition) is 2. The van der Waals surface area contributed by atoms with Crippen LogP contribution >= 0.6 is 23.2 Å². The number of likely N-dealkylation sites (N-methyl/N-ethyl adjacent to an activating group) is 1. The summed E-state index contributed by atoms with van der Waals surface area (Å²) in [6.07, 6.45) is -3.99. The maximum Gasteiger partial charge on any atom is 0.471 e. The Bertz CT molecular complexity index is 1230. The number of rotatable bonds is 10. The number of piperazine rings is 1. The molecule has 224 valence electrons. The van der Waals surface area contributed by atoms with Gasteiger partial charge in [-0.25, -0.2) is 4.39 Å². The Balaban J connectivity index is 1.85. The molecule has 0 radical (unpaired) electrons. The van der Waals surface area contributed by atoms with Gasteiger partial charge in [-0.3, -0.25) is 19.3 Å². The van der Waals surface area contributed by atoms with Crippen LogP contribution in [0.25, 0.3) is 0 Å². The van der Waals surface area contributed by atoms with Crippen LogP contribution < -0.4 is 10.6 Å². The summed E-state index contributed by atoms with van der Waals surface area (Å²) in [5.74, 6) is -3.70. The van der Waals surface area contributed by atoms with E-state index in [1.54, 1.807) is 18.2 Å². The molecule has 3 atom stereocenters. The summed E-state index contributed by atoms with van der Waals surface area (Å²) >= 11 is 12.4. The number of hydrogen-bond acceptors (Lipinski definition) is 4. The molecule has 7 nitrogen and oxygen atoms in total. The molecule has 13 heteroatoms. The van der Waals surface area contributed by atoms with Crippen LogP contribution in [0.3, 0.4) is 0 Å². The van der Waals surface area contributed by atoms with Gasteiger partial charge in [-0.1, -0.05) is 54.7 Å². The van der Waals surface area contributed by atoms with E-state index in [4.69, 9.17) is 23.2 Å². The second-order valence-corrected chi connectivity index (χ2v) is 10.7. The molecule has 1 heterocycles. The molecule has 0 aromatic heterocycles.